The van der Waals surface area contributed by atoms with Gasteiger partial charge in [-0.3, -0.25) is 4.90 Å². The van der Waals surface area contributed by atoms with Crippen LogP contribution in [0, 0.1) is 0 Å². The molecule has 4 nitrogen and oxygen atoms in total. The molecule has 0 aliphatic carbocycles. The number of ether oxygens (including phenoxy) is 1. The minimum Gasteiger partial charge on any atom is -0.495 e. The number of nitrogens with zero attached hydrogens (tertiary/aromatic N) is 1. The van der Waals surface area contributed by atoms with Crippen molar-refractivity contribution in [2.75, 3.05) is 26.0 Å². The lowest BCUT2D eigenvalue weighted by molar-refractivity contribution is 0.136. The van der Waals surface area contributed by atoms with Crippen LogP contribution in [0.4, 0.5) is 5.69 Å². The predicted molar refractivity (Wildman–Crippen MR) is 79.3 cm³/mol. The number of aliphatic hydroxyl groups excluding tert-OH is 1. The second-order valence-corrected chi connectivity index (χ2v) is 4.74. The maximum atomic E-state index is 9.21. The molecule has 0 saturated carbocycles. The van der Waals surface area contributed by atoms with Gasteiger partial charge in [-0.25, -0.2) is 0 Å². The Hall–Kier alpha value is -1.26. The fraction of sp³-hybridized carbons (Fsp3) is 0.600. The second kappa shape index (κ2) is 8.02. The fourth-order valence-corrected chi connectivity index (χ4v) is 2.44. The maximum Gasteiger partial charge on any atom is 0.141 e. The molecule has 0 heterocycles. The van der Waals surface area contributed by atoms with E-state index in [1.54, 1.807) is 7.11 Å². The van der Waals surface area contributed by atoms with E-state index in [4.69, 9.17) is 10.5 Å². The van der Waals surface area contributed by atoms with Crippen LogP contribution in [0.25, 0.3) is 0 Å². The monoisotopic (exact) mass is 266 g/mol. The second-order valence-electron chi connectivity index (χ2n) is 4.74. The third-order valence-corrected chi connectivity index (χ3v) is 3.53. The molecule has 0 bridgehead atoms. The number of benzene rings is 1. The van der Waals surface area contributed by atoms with E-state index in [1.807, 2.05) is 18.2 Å². The van der Waals surface area contributed by atoms with Crippen molar-refractivity contribution in [3.05, 3.63) is 23.8 Å². The van der Waals surface area contributed by atoms with E-state index in [-0.39, 0.29) is 6.61 Å². The van der Waals surface area contributed by atoms with Gasteiger partial charge in [0.05, 0.1) is 19.4 Å². The van der Waals surface area contributed by atoms with Gasteiger partial charge < -0.3 is 15.6 Å². The van der Waals surface area contributed by atoms with Crippen molar-refractivity contribution >= 4 is 5.69 Å². The van der Waals surface area contributed by atoms with Gasteiger partial charge in [0.25, 0.3) is 0 Å². The molecule has 0 unspecified atom stereocenters. The minimum atomic E-state index is 0.183. The summed E-state index contributed by atoms with van der Waals surface area (Å²) in [5.41, 5.74) is 7.74. The van der Waals surface area contributed by atoms with Gasteiger partial charge in [0.1, 0.15) is 5.75 Å². The molecule has 19 heavy (non-hydrogen) atoms. The third-order valence-electron chi connectivity index (χ3n) is 3.53. The average molecular weight is 266 g/mol. The van der Waals surface area contributed by atoms with Gasteiger partial charge in [-0.15, -0.1) is 0 Å². The van der Waals surface area contributed by atoms with Crippen LogP contribution in [0.3, 0.4) is 0 Å². The summed E-state index contributed by atoms with van der Waals surface area (Å²) < 4.78 is 5.16. The molecule has 0 aliphatic rings. The Kier molecular flexibility index (Phi) is 6.67. The summed E-state index contributed by atoms with van der Waals surface area (Å²) in [4.78, 5) is 2.31. The van der Waals surface area contributed by atoms with Gasteiger partial charge in [0.2, 0.25) is 0 Å². The molecule has 1 aromatic carbocycles. The summed E-state index contributed by atoms with van der Waals surface area (Å²) in [6, 6.07) is 6.37. The van der Waals surface area contributed by atoms with Crippen molar-refractivity contribution in [3.63, 3.8) is 0 Å². The number of hydrogen-bond donors (Lipinski definition) is 2. The third kappa shape index (κ3) is 4.40. The standard InChI is InChI=1S/C15H26N2O2/c1-4-13(5-2)17(8-9-18)11-12-6-7-15(19-3)14(16)10-12/h6-7,10,13,18H,4-5,8-9,11,16H2,1-3H3. The molecule has 1 rings (SSSR count). The van der Waals surface area contributed by atoms with E-state index < -0.39 is 0 Å². The molecule has 0 saturated heterocycles. The Morgan fingerprint density at radius 3 is 2.47 bits per heavy atom. The number of hydrogen-bond acceptors (Lipinski definition) is 4. The van der Waals surface area contributed by atoms with Gasteiger partial charge in [-0.1, -0.05) is 19.9 Å². The van der Waals surface area contributed by atoms with E-state index in [2.05, 4.69) is 18.7 Å². The molecule has 0 atom stereocenters. The first-order valence-corrected chi connectivity index (χ1v) is 6.93. The quantitative estimate of drug-likeness (QED) is 0.709. The van der Waals surface area contributed by atoms with Crippen LogP contribution >= 0.6 is 0 Å². The lowest BCUT2D eigenvalue weighted by atomic mass is 10.1. The number of nitrogen functional groups attached to an aromatic ring is 1. The molecule has 0 radical (unpaired) electrons. The highest BCUT2D eigenvalue weighted by atomic mass is 16.5. The van der Waals surface area contributed by atoms with Crippen LogP contribution in [-0.2, 0) is 6.54 Å². The van der Waals surface area contributed by atoms with E-state index in [0.29, 0.717) is 24.0 Å². The molecule has 0 aliphatic heterocycles. The first kappa shape index (κ1) is 15.8. The zero-order chi connectivity index (χ0) is 14.3. The van der Waals surface area contributed by atoms with Crippen LogP contribution in [0.2, 0.25) is 0 Å². The molecule has 108 valence electrons. The molecule has 0 fully saturated rings. The predicted octanol–water partition coefficient (Wildman–Crippen LogP) is 2.26. The van der Waals surface area contributed by atoms with Gasteiger partial charge in [-0.05, 0) is 30.5 Å². The van der Waals surface area contributed by atoms with Crippen LogP contribution < -0.4 is 10.5 Å². The van der Waals surface area contributed by atoms with Crippen molar-refractivity contribution in [1.29, 1.82) is 0 Å². The van der Waals surface area contributed by atoms with Crippen molar-refractivity contribution < 1.29 is 9.84 Å². The van der Waals surface area contributed by atoms with Crippen molar-refractivity contribution in [2.45, 2.75) is 39.3 Å². The lowest BCUT2D eigenvalue weighted by Crippen LogP contribution is -2.36. The number of anilines is 1. The van der Waals surface area contributed by atoms with E-state index in [9.17, 15) is 5.11 Å². The number of rotatable bonds is 8. The van der Waals surface area contributed by atoms with Gasteiger partial charge in [0, 0.05) is 19.1 Å². The van der Waals surface area contributed by atoms with Gasteiger partial charge in [0.15, 0.2) is 0 Å². The molecule has 4 heteroatoms. The molecule has 1 aromatic rings. The highest BCUT2D eigenvalue weighted by Gasteiger charge is 2.15. The molecule has 0 aromatic heterocycles. The topological polar surface area (TPSA) is 58.7 Å². The smallest absolute Gasteiger partial charge is 0.141 e. The lowest BCUT2D eigenvalue weighted by Gasteiger charge is -2.30. The first-order chi connectivity index (χ1) is 9.15. The molecular formula is C15H26N2O2. The largest absolute Gasteiger partial charge is 0.495 e. The van der Waals surface area contributed by atoms with Crippen LogP contribution in [0.1, 0.15) is 32.3 Å². The summed E-state index contributed by atoms with van der Waals surface area (Å²) in [5, 5.41) is 9.21. The zero-order valence-electron chi connectivity index (χ0n) is 12.2. The Bertz CT molecular complexity index is 378. The summed E-state index contributed by atoms with van der Waals surface area (Å²) in [6.07, 6.45) is 2.17. The van der Waals surface area contributed by atoms with E-state index >= 15 is 0 Å². The minimum absolute atomic E-state index is 0.183. The molecular weight excluding hydrogens is 240 g/mol. The summed E-state index contributed by atoms with van der Waals surface area (Å²) in [5.74, 6) is 0.708. The van der Waals surface area contributed by atoms with Crippen LogP contribution in [-0.4, -0.2) is 36.3 Å². The Balaban J connectivity index is 2.81. The number of methoxy groups -OCH3 is 1. The number of nitrogens with two attached hydrogens (primary N) is 1. The zero-order valence-corrected chi connectivity index (χ0v) is 12.2. The molecule has 0 amide bonds. The van der Waals surface area contributed by atoms with Crippen LogP contribution in [0.15, 0.2) is 18.2 Å². The first-order valence-electron chi connectivity index (χ1n) is 6.93. The van der Waals surface area contributed by atoms with Crippen molar-refractivity contribution in [3.8, 4) is 5.75 Å². The summed E-state index contributed by atoms with van der Waals surface area (Å²) in [7, 11) is 1.62. The van der Waals surface area contributed by atoms with E-state index in [0.717, 1.165) is 24.9 Å². The highest BCUT2D eigenvalue weighted by Crippen LogP contribution is 2.23. The number of aliphatic hydroxyl groups is 1. The van der Waals surface area contributed by atoms with E-state index in [1.165, 1.54) is 0 Å². The molecule has 0 spiro atoms. The highest BCUT2D eigenvalue weighted by molar-refractivity contribution is 5.54. The Labute approximate surface area is 116 Å². The van der Waals surface area contributed by atoms with Crippen molar-refractivity contribution in [1.82, 2.24) is 4.90 Å². The average Bonchev–Trinajstić information content (AvgIpc) is 2.40. The maximum absolute atomic E-state index is 9.21. The van der Waals surface area contributed by atoms with Crippen LogP contribution in [0.5, 0.6) is 5.75 Å². The van der Waals surface area contributed by atoms with Crippen molar-refractivity contribution in [2.24, 2.45) is 0 Å². The van der Waals surface area contributed by atoms with Gasteiger partial charge >= 0.3 is 0 Å². The normalized spacial score (nSPS) is 11.3. The SMILES string of the molecule is CCC(CC)N(CCO)Cc1ccc(OC)c(N)c1. The Morgan fingerprint density at radius 2 is 2.00 bits per heavy atom. The Morgan fingerprint density at radius 1 is 1.32 bits per heavy atom. The molecule has 3 N–H and O–H groups in total. The summed E-state index contributed by atoms with van der Waals surface area (Å²) in [6.45, 7) is 6.05. The fourth-order valence-electron chi connectivity index (χ4n) is 2.44. The summed E-state index contributed by atoms with van der Waals surface area (Å²) >= 11 is 0. The van der Waals surface area contributed by atoms with Gasteiger partial charge in [-0.2, -0.15) is 0 Å².